The molecule has 0 amide bonds. The van der Waals surface area contributed by atoms with Crippen molar-refractivity contribution in [1.29, 1.82) is 0 Å². The number of aromatic nitrogens is 1. The zero-order valence-corrected chi connectivity index (χ0v) is 10.6. The molecule has 2 rings (SSSR count). The average Bonchev–Trinajstić information content (AvgIpc) is 2.23. The molecule has 7 heteroatoms. The van der Waals surface area contributed by atoms with Gasteiger partial charge in [0.05, 0.1) is 13.1 Å². The van der Waals surface area contributed by atoms with Gasteiger partial charge in [-0.05, 0) is 12.1 Å². The maximum Gasteiger partial charge on any atom is 0.281 e. The lowest BCUT2D eigenvalue weighted by Gasteiger charge is -2.38. The topological polar surface area (TPSA) is 62.7 Å². The Hall–Kier alpha value is -1.18. The second-order valence-electron chi connectivity index (χ2n) is 4.03. The Balaban J connectivity index is 1.88. The van der Waals surface area contributed by atoms with Crippen molar-refractivity contribution in [3.63, 3.8) is 0 Å². The summed E-state index contributed by atoms with van der Waals surface area (Å²) in [6.45, 7) is 0.783. The third kappa shape index (κ3) is 2.56. The molecule has 0 atom stereocenters. The van der Waals surface area contributed by atoms with Crippen LogP contribution in [0.2, 0.25) is 0 Å². The van der Waals surface area contributed by atoms with E-state index in [-0.39, 0.29) is 6.10 Å². The molecule has 0 N–H and O–H groups in total. The van der Waals surface area contributed by atoms with E-state index < -0.39 is 10.2 Å². The number of ether oxygens (including phenoxy) is 1. The van der Waals surface area contributed by atoms with Crippen LogP contribution in [0.25, 0.3) is 0 Å². The van der Waals surface area contributed by atoms with Crippen molar-refractivity contribution in [3.05, 3.63) is 24.5 Å². The zero-order chi connectivity index (χ0) is 12.5. The van der Waals surface area contributed by atoms with Crippen molar-refractivity contribution < 1.29 is 13.2 Å². The SMILES string of the molecule is CN(C)S(=O)(=O)N1CC(Oc2ccncc2)C1. The fourth-order valence-electron chi connectivity index (χ4n) is 1.50. The van der Waals surface area contributed by atoms with Crippen molar-refractivity contribution >= 4 is 10.2 Å². The smallest absolute Gasteiger partial charge is 0.281 e. The van der Waals surface area contributed by atoms with E-state index in [2.05, 4.69) is 4.98 Å². The van der Waals surface area contributed by atoms with Gasteiger partial charge in [0.15, 0.2) is 0 Å². The molecule has 1 saturated heterocycles. The number of pyridine rings is 1. The molecule has 94 valence electrons. The highest BCUT2D eigenvalue weighted by atomic mass is 32.2. The normalized spacial score (nSPS) is 18.1. The summed E-state index contributed by atoms with van der Waals surface area (Å²) >= 11 is 0. The predicted molar refractivity (Wildman–Crippen MR) is 62.8 cm³/mol. The van der Waals surface area contributed by atoms with Gasteiger partial charge >= 0.3 is 0 Å². The summed E-state index contributed by atoms with van der Waals surface area (Å²) in [5.74, 6) is 0.715. The van der Waals surface area contributed by atoms with E-state index in [0.29, 0.717) is 18.8 Å². The van der Waals surface area contributed by atoms with Gasteiger partial charge in [0.2, 0.25) is 0 Å². The van der Waals surface area contributed by atoms with Crippen LogP contribution in [0.4, 0.5) is 0 Å². The molecule has 0 saturated carbocycles. The van der Waals surface area contributed by atoms with E-state index in [1.54, 1.807) is 24.5 Å². The largest absolute Gasteiger partial charge is 0.488 e. The lowest BCUT2D eigenvalue weighted by molar-refractivity contribution is 0.0727. The molecular weight excluding hydrogens is 242 g/mol. The molecule has 1 aromatic heterocycles. The maximum absolute atomic E-state index is 11.7. The second kappa shape index (κ2) is 4.59. The standard InChI is InChI=1S/C10H15N3O3S/c1-12(2)17(14,15)13-7-10(8-13)16-9-3-5-11-6-4-9/h3-6,10H,7-8H2,1-2H3. The van der Waals surface area contributed by atoms with Crippen LogP contribution in [-0.2, 0) is 10.2 Å². The summed E-state index contributed by atoms with van der Waals surface area (Å²) in [6.07, 6.45) is 3.21. The molecule has 0 aliphatic carbocycles. The fraction of sp³-hybridized carbons (Fsp3) is 0.500. The number of hydrogen-bond donors (Lipinski definition) is 0. The van der Waals surface area contributed by atoms with Crippen molar-refractivity contribution in [2.75, 3.05) is 27.2 Å². The van der Waals surface area contributed by atoms with Crippen LogP contribution in [0.3, 0.4) is 0 Å². The molecular formula is C10H15N3O3S. The van der Waals surface area contributed by atoms with Crippen LogP contribution in [0.1, 0.15) is 0 Å². The summed E-state index contributed by atoms with van der Waals surface area (Å²) in [5.41, 5.74) is 0. The summed E-state index contributed by atoms with van der Waals surface area (Å²) in [7, 11) is -0.251. The highest BCUT2D eigenvalue weighted by molar-refractivity contribution is 7.86. The van der Waals surface area contributed by atoms with Gasteiger partial charge in [0.25, 0.3) is 10.2 Å². The van der Waals surface area contributed by atoms with E-state index in [1.807, 2.05) is 0 Å². The minimum atomic E-state index is -3.29. The first-order chi connectivity index (χ1) is 8.00. The predicted octanol–water partition coefficient (Wildman–Crippen LogP) is -0.0490. The number of nitrogens with zero attached hydrogens (tertiary/aromatic N) is 3. The highest BCUT2D eigenvalue weighted by Crippen LogP contribution is 2.20. The maximum atomic E-state index is 11.7. The van der Waals surface area contributed by atoms with E-state index in [0.717, 1.165) is 0 Å². The summed E-state index contributed by atoms with van der Waals surface area (Å²) in [4.78, 5) is 3.88. The lowest BCUT2D eigenvalue weighted by atomic mass is 10.2. The highest BCUT2D eigenvalue weighted by Gasteiger charge is 2.38. The molecule has 0 spiro atoms. The molecule has 0 aromatic carbocycles. The Morgan fingerprint density at radius 2 is 1.94 bits per heavy atom. The molecule has 2 heterocycles. The Kier molecular flexibility index (Phi) is 3.32. The first kappa shape index (κ1) is 12.3. The van der Waals surface area contributed by atoms with Crippen molar-refractivity contribution in [2.45, 2.75) is 6.10 Å². The quantitative estimate of drug-likeness (QED) is 0.759. The zero-order valence-electron chi connectivity index (χ0n) is 9.78. The van der Waals surface area contributed by atoms with Crippen molar-refractivity contribution in [3.8, 4) is 5.75 Å². The van der Waals surface area contributed by atoms with Gasteiger partial charge < -0.3 is 4.74 Å². The van der Waals surface area contributed by atoms with E-state index in [9.17, 15) is 8.42 Å². The second-order valence-corrected chi connectivity index (χ2v) is 6.17. The van der Waals surface area contributed by atoms with Gasteiger partial charge in [-0.15, -0.1) is 0 Å². The number of rotatable bonds is 4. The molecule has 1 aliphatic heterocycles. The van der Waals surface area contributed by atoms with Gasteiger partial charge in [-0.1, -0.05) is 0 Å². The molecule has 1 aliphatic rings. The monoisotopic (exact) mass is 257 g/mol. The van der Waals surface area contributed by atoms with Gasteiger partial charge in [0.1, 0.15) is 11.9 Å². The Bertz CT molecular complexity index is 469. The minimum Gasteiger partial charge on any atom is -0.488 e. The third-order valence-electron chi connectivity index (χ3n) is 2.55. The minimum absolute atomic E-state index is 0.0767. The Morgan fingerprint density at radius 3 is 2.47 bits per heavy atom. The van der Waals surface area contributed by atoms with Crippen LogP contribution < -0.4 is 4.74 Å². The van der Waals surface area contributed by atoms with Gasteiger partial charge in [-0.3, -0.25) is 4.98 Å². The molecule has 1 fully saturated rings. The summed E-state index contributed by atoms with van der Waals surface area (Å²) in [6, 6.07) is 3.51. The van der Waals surface area contributed by atoms with Crippen LogP contribution >= 0.6 is 0 Å². The Labute approximate surface area is 101 Å². The Morgan fingerprint density at radius 1 is 1.35 bits per heavy atom. The number of hydrogen-bond acceptors (Lipinski definition) is 4. The van der Waals surface area contributed by atoms with Gasteiger partial charge in [0, 0.05) is 26.5 Å². The first-order valence-electron chi connectivity index (χ1n) is 5.24. The molecule has 1 aromatic rings. The summed E-state index contributed by atoms with van der Waals surface area (Å²) in [5, 5.41) is 0. The van der Waals surface area contributed by atoms with Gasteiger partial charge in [-0.25, -0.2) is 0 Å². The molecule has 0 unspecified atom stereocenters. The van der Waals surface area contributed by atoms with Crippen LogP contribution in [0, 0.1) is 0 Å². The van der Waals surface area contributed by atoms with Gasteiger partial charge in [-0.2, -0.15) is 17.0 Å². The van der Waals surface area contributed by atoms with E-state index in [4.69, 9.17) is 4.74 Å². The van der Waals surface area contributed by atoms with E-state index >= 15 is 0 Å². The molecule has 6 nitrogen and oxygen atoms in total. The lowest BCUT2D eigenvalue weighted by Crippen LogP contribution is -2.58. The molecule has 0 radical (unpaired) electrons. The molecule has 0 bridgehead atoms. The van der Waals surface area contributed by atoms with Crippen LogP contribution in [0.15, 0.2) is 24.5 Å². The average molecular weight is 257 g/mol. The first-order valence-corrected chi connectivity index (χ1v) is 6.64. The third-order valence-corrected chi connectivity index (χ3v) is 4.43. The van der Waals surface area contributed by atoms with Crippen molar-refractivity contribution in [2.24, 2.45) is 0 Å². The molecule has 17 heavy (non-hydrogen) atoms. The van der Waals surface area contributed by atoms with E-state index in [1.165, 1.54) is 22.7 Å². The fourth-order valence-corrected chi connectivity index (χ4v) is 2.68. The van der Waals surface area contributed by atoms with Crippen LogP contribution in [-0.4, -0.2) is 55.3 Å². The summed E-state index contributed by atoms with van der Waals surface area (Å²) < 4.78 is 31.6. The van der Waals surface area contributed by atoms with Crippen LogP contribution in [0.5, 0.6) is 5.75 Å². The van der Waals surface area contributed by atoms with Crippen molar-refractivity contribution in [1.82, 2.24) is 13.6 Å².